The minimum atomic E-state index is -1.11. The smallest absolute Gasteiger partial charge is 0.374 e. The maximum Gasteiger partial charge on any atom is 0.374 e. The number of aromatic nitrogens is 2. The zero-order chi connectivity index (χ0) is 60.6. The van der Waals surface area contributed by atoms with Crippen molar-refractivity contribution >= 4 is 84.7 Å². The number of benzene rings is 6. The molecule has 13 heteroatoms. The summed E-state index contributed by atoms with van der Waals surface area (Å²) < 4.78 is 34.7. The number of fused-ring (bicyclic) bond motifs is 8. The van der Waals surface area contributed by atoms with E-state index in [4.69, 9.17) is 23.4 Å². The Balaban J connectivity index is 0.000000165. The second kappa shape index (κ2) is 24.9. The molecule has 88 heavy (non-hydrogen) atoms. The molecule has 1 atom stereocenters. The lowest BCUT2D eigenvalue weighted by Crippen LogP contribution is -2.44. The van der Waals surface area contributed by atoms with Crippen LogP contribution in [0.2, 0.25) is 0 Å². The van der Waals surface area contributed by atoms with Crippen LogP contribution < -0.4 is 43.0 Å². The Kier molecular flexibility index (Phi) is 16.6. The molecule has 6 aliphatic rings. The third kappa shape index (κ3) is 12.1. The number of ether oxygens (including phenoxy) is 4. The van der Waals surface area contributed by atoms with E-state index < -0.39 is 5.97 Å². The predicted octanol–water partition coefficient (Wildman–Crippen LogP) is 16.7. The van der Waals surface area contributed by atoms with Gasteiger partial charge in [0, 0.05) is 48.8 Å². The molecule has 6 aromatic carbocycles. The summed E-state index contributed by atoms with van der Waals surface area (Å²) in [5.74, 6) is 4.65. The van der Waals surface area contributed by atoms with Gasteiger partial charge in [-0.2, -0.15) is 9.13 Å². The summed E-state index contributed by atoms with van der Waals surface area (Å²) in [6, 6.07) is 37.9. The molecule has 3 aliphatic carbocycles. The number of aryl methyl sites for hydroxylation is 2. The van der Waals surface area contributed by atoms with Crippen molar-refractivity contribution in [3.63, 3.8) is 0 Å². The van der Waals surface area contributed by atoms with E-state index in [2.05, 4.69) is 195 Å². The number of oxazole rings is 1. The summed E-state index contributed by atoms with van der Waals surface area (Å²) in [7, 11) is 3.79. The van der Waals surface area contributed by atoms with Gasteiger partial charge in [-0.1, -0.05) is 148 Å². The number of allylic oxidation sites excluding steroid dienone is 12. The number of anilines is 2. The van der Waals surface area contributed by atoms with Gasteiger partial charge in [0.25, 0.3) is 10.5 Å². The number of thiazole rings is 1. The fourth-order valence-corrected chi connectivity index (χ4v) is 15.6. The lowest BCUT2D eigenvalue weighted by Gasteiger charge is -2.30. The largest absolute Gasteiger partial charge is 0.544 e. The first-order chi connectivity index (χ1) is 42.8. The summed E-state index contributed by atoms with van der Waals surface area (Å²) in [6.07, 6.45) is 30.1. The Bertz CT molecular complexity index is 4320. The van der Waals surface area contributed by atoms with E-state index in [1.807, 2.05) is 29.7 Å². The number of carbonyl (C=O) groups is 1. The van der Waals surface area contributed by atoms with E-state index in [1.54, 1.807) is 30.2 Å². The molecule has 11 nitrogen and oxygen atoms in total. The number of methoxy groups -OCH3 is 1. The minimum absolute atomic E-state index is 0.0448. The van der Waals surface area contributed by atoms with Crippen molar-refractivity contribution in [2.45, 2.75) is 110 Å². The normalized spacial score (nSPS) is 19.3. The maximum atomic E-state index is 11.8. The molecule has 14 rings (SSSR count). The number of carboxylic acids is 1. The summed E-state index contributed by atoms with van der Waals surface area (Å²) >= 11 is 3.38. The van der Waals surface area contributed by atoms with Crippen molar-refractivity contribution < 1.29 is 42.4 Å². The first kappa shape index (κ1) is 58.5. The number of carboxylic acid groups (broad SMARTS) is 1. The van der Waals surface area contributed by atoms with Gasteiger partial charge >= 0.3 is 5.89 Å². The highest BCUT2D eigenvalue weighted by molar-refractivity contribution is 8.03. The van der Waals surface area contributed by atoms with Gasteiger partial charge in [0.05, 0.1) is 35.0 Å². The van der Waals surface area contributed by atoms with Crippen LogP contribution in [-0.4, -0.2) is 33.5 Å². The van der Waals surface area contributed by atoms with Crippen molar-refractivity contribution in [2.75, 3.05) is 37.3 Å². The van der Waals surface area contributed by atoms with Gasteiger partial charge in [-0.25, -0.2) is 0 Å². The first-order valence-electron chi connectivity index (χ1n) is 31.0. The van der Waals surface area contributed by atoms with Crippen LogP contribution in [0.15, 0.2) is 200 Å². The topological polar surface area (TPSA) is 104 Å². The van der Waals surface area contributed by atoms with Gasteiger partial charge in [-0.15, -0.1) is 0 Å². The summed E-state index contributed by atoms with van der Waals surface area (Å²) in [5.41, 5.74) is 15.2. The van der Waals surface area contributed by atoms with Crippen LogP contribution in [0, 0.1) is 18.3 Å². The minimum Gasteiger partial charge on any atom is -0.544 e. The number of aliphatic carboxylic acids is 1. The van der Waals surface area contributed by atoms with Gasteiger partial charge in [0.1, 0.15) is 23.0 Å². The van der Waals surface area contributed by atoms with Crippen molar-refractivity contribution in [1.29, 1.82) is 0 Å². The van der Waals surface area contributed by atoms with E-state index in [-0.39, 0.29) is 12.0 Å². The molecule has 448 valence electrons. The molecular weight excluding hydrogens is 1130 g/mol. The Morgan fingerprint density at radius 2 is 1.62 bits per heavy atom. The van der Waals surface area contributed by atoms with E-state index >= 15 is 0 Å². The Hall–Kier alpha value is -8.52. The third-order valence-electron chi connectivity index (χ3n) is 17.6. The standard InChI is InChI=1S/C41H44N2O4S.C34H31N2O3S/c1-6-7-11-19-42-33-23-32(31-14-9-8-10-15-31)17-18-35(33)47-38(42)16-12-13-29-21-30(26-41(3,4)25-29)22-39-43(27-40(44)45)34-20-28(2)36(46-5)24-37(34)48-39;1-3-36-32(39-28-13-12-24-6-4-5-7-26(24)34(28)36)16-21-8-10-23-11-9-22(15-25(23)14-21)17-33-35(2)27-18-29-30(38-20-37-29)19-31(27)40-33/h8-10,12-18,20-24H,6-7,11,19,25-27H2,1-5H3;4-7,12-19,23H,3,8-11,20H2,1-2H3/q;+1. The summed E-state index contributed by atoms with van der Waals surface area (Å²) in [4.78, 5) is 17.6. The van der Waals surface area contributed by atoms with Crippen molar-refractivity contribution in [2.24, 2.45) is 11.3 Å². The Morgan fingerprint density at radius 1 is 0.807 bits per heavy atom. The molecule has 2 aromatic heterocycles. The van der Waals surface area contributed by atoms with Gasteiger partial charge in [-0.3, -0.25) is 0 Å². The van der Waals surface area contributed by atoms with Crippen molar-refractivity contribution in [1.82, 2.24) is 0 Å². The molecule has 0 saturated heterocycles. The Labute approximate surface area is 524 Å². The zero-order valence-corrected chi connectivity index (χ0v) is 53.0. The molecule has 0 fully saturated rings. The van der Waals surface area contributed by atoms with Crippen LogP contribution in [-0.2, 0) is 17.9 Å². The van der Waals surface area contributed by atoms with E-state index in [0.717, 1.165) is 118 Å². The van der Waals surface area contributed by atoms with Gasteiger partial charge in [0.2, 0.25) is 23.8 Å². The average Bonchev–Trinajstić information content (AvgIpc) is 2.15. The molecule has 0 bridgehead atoms. The Morgan fingerprint density at radius 3 is 2.44 bits per heavy atom. The number of hydrogen-bond donors (Lipinski definition) is 0. The molecule has 0 spiro atoms. The molecule has 8 aromatic rings. The number of unbranched alkanes of at least 4 members (excludes halogenated alkanes) is 2. The van der Waals surface area contributed by atoms with E-state index in [9.17, 15) is 9.90 Å². The quantitative estimate of drug-likeness (QED) is 0.0772. The van der Waals surface area contributed by atoms with Crippen LogP contribution in [0.3, 0.4) is 0 Å². The van der Waals surface area contributed by atoms with Crippen molar-refractivity contribution in [3.05, 3.63) is 207 Å². The first-order valence-corrected chi connectivity index (χ1v) is 32.6. The van der Waals surface area contributed by atoms with Gasteiger partial charge in [0.15, 0.2) is 23.8 Å². The summed E-state index contributed by atoms with van der Waals surface area (Å²) in [6.45, 7) is 12.8. The van der Waals surface area contributed by atoms with E-state index in [0.29, 0.717) is 12.7 Å². The molecular formula is C75H75N4O7S2+. The molecule has 3 aliphatic heterocycles. The number of thioether (sulfide) groups is 1. The van der Waals surface area contributed by atoms with Crippen LogP contribution >= 0.6 is 23.1 Å². The second-order valence-electron chi connectivity index (χ2n) is 24.5. The average molecular weight is 1210 g/mol. The number of rotatable bonds is 14. The third-order valence-corrected chi connectivity index (χ3v) is 19.8. The van der Waals surface area contributed by atoms with Crippen molar-refractivity contribution in [3.8, 4) is 34.1 Å². The fraction of sp³-hybridized carbons (Fsp3) is 0.293. The summed E-state index contributed by atoms with van der Waals surface area (Å²) in [5, 5.41) is 16.4. The van der Waals surface area contributed by atoms with Crippen LogP contribution in [0.4, 0.5) is 11.4 Å². The molecule has 5 heterocycles. The number of carbonyl (C=O) groups excluding carboxylic acids is 1. The van der Waals surface area contributed by atoms with Crippen LogP contribution in [0.5, 0.6) is 23.0 Å². The number of nitrogens with zero attached hydrogens (tertiary/aromatic N) is 4. The van der Waals surface area contributed by atoms with Crippen LogP contribution in [0.25, 0.3) is 55.4 Å². The highest BCUT2D eigenvalue weighted by Gasteiger charge is 2.32. The highest BCUT2D eigenvalue weighted by atomic mass is 32.2. The molecule has 0 N–H and O–H groups in total. The van der Waals surface area contributed by atoms with Gasteiger partial charge in [-0.05, 0) is 156 Å². The SMILES string of the molecule is CCCCCN1/C(=C/C=C/C2=CC(=C/c3sc4cc(OC)c(C)cc4[n+]3CC(=O)[O-])/CC(C)(C)C2)Oc2ccc(-c3ccccc3)cc21.CC[n+]1c(C=C2C=C3C=C(C=C4Sc5cc6c(cc5N4C)OCO6)CCC3CC2)oc2ccc3ccccc3c21. The van der Waals surface area contributed by atoms with Gasteiger partial charge < -0.3 is 43.1 Å². The highest BCUT2D eigenvalue weighted by Crippen LogP contribution is 2.52. The fourth-order valence-electron chi connectivity index (χ4n) is 13.3. The number of hydrogen-bond acceptors (Lipinski definition) is 11. The molecule has 0 amide bonds. The predicted molar refractivity (Wildman–Crippen MR) is 355 cm³/mol. The molecule has 0 saturated carbocycles. The van der Waals surface area contributed by atoms with Crippen LogP contribution in [0.1, 0.15) is 102 Å². The lowest BCUT2D eigenvalue weighted by molar-refractivity contribution is -0.673. The monoisotopic (exact) mass is 1210 g/mol. The molecule has 0 radical (unpaired) electrons. The zero-order valence-electron chi connectivity index (χ0n) is 51.3. The van der Waals surface area contributed by atoms with E-state index in [1.165, 1.54) is 90.2 Å². The lowest BCUT2D eigenvalue weighted by atomic mass is 9.75. The maximum absolute atomic E-state index is 11.8. The second-order valence-corrected chi connectivity index (χ2v) is 26.6. The molecule has 1 unspecified atom stereocenters.